The molecule has 3 rings (SSSR count). The fourth-order valence-corrected chi connectivity index (χ4v) is 5.54. The van der Waals surface area contributed by atoms with Crippen LogP contribution in [-0.2, 0) is 28.7 Å². The molecule has 2 heterocycles. The van der Waals surface area contributed by atoms with Crippen LogP contribution in [0.5, 0.6) is 0 Å². The molecular weight excluding hydrogens is 434 g/mol. The first-order chi connectivity index (χ1) is 16.0. The van der Waals surface area contributed by atoms with E-state index in [-0.39, 0.29) is 48.3 Å². The third kappa shape index (κ3) is 6.28. The van der Waals surface area contributed by atoms with Crippen LogP contribution in [0.25, 0.3) is 0 Å². The fourth-order valence-electron chi connectivity index (χ4n) is 5.54. The number of fused-ring (bicyclic) bond motifs is 2. The molecule has 0 N–H and O–H groups in total. The lowest BCUT2D eigenvalue weighted by Gasteiger charge is -2.29. The van der Waals surface area contributed by atoms with E-state index < -0.39 is 23.0 Å². The lowest BCUT2D eigenvalue weighted by Crippen LogP contribution is -2.45. The van der Waals surface area contributed by atoms with Gasteiger partial charge in [-0.15, -0.1) is 0 Å². The Kier molecular flexibility index (Phi) is 8.25. The predicted octanol–water partition coefficient (Wildman–Crippen LogP) is 4.23. The van der Waals surface area contributed by atoms with Gasteiger partial charge in [0.2, 0.25) is 5.91 Å². The lowest BCUT2D eigenvalue weighted by atomic mass is 9.90. The first-order valence-corrected chi connectivity index (χ1v) is 12.8. The first kappa shape index (κ1) is 26.4. The molecule has 7 heteroatoms. The van der Waals surface area contributed by atoms with E-state index in [0.717, 1.165) is 25.7 Å². The zero-order chi connectivity index (χ0) is 25.1. The van der Waals surface area contributed by atoms with Gasteiger partial charge in [-0.3, -0.25) is 19.2 Å². The minimum atomic E-state index is -0.807. The third-order valence-corrected chi connectivity index (χ3v) is 7.35. The third-order valence-electron chi connectivity index (χ3n) is 7.35. The Hall–Kier alpha value is -2.18. The monoisotopic (exact) mass is 475 g/mol. The molecule has 1 saturated heterocycles. The van der Waals surface area contributed by atoms with Crippen LogP contribution in [0.3, 0.4) is 0 Å². The molecule has 3 aliphatic rings. The van der Waals surface area contributed by atoms with Crippen molar-refractivity contribution in [2.24, 2.45) is 23.2 Å². The van der Waals surface area contributed by atoms with Crippen molar-refractivity contribution < 1.29 is 28.7 Å². The van der Waals surface area contributed by atoms with E-state index in [4.69, 9.17) is 9.47 Å². The SMILES string of the molecule is COC(=O)[C@]12CC(=O)[C@@H]3C[C@H](C)CN3C(=O)[C@@H](CC(=O)OC(C)(C)C)CCCCC/C=C\[C@@H]1C2. The number of hydrogen-bond acceptors (Lipinski definition) is 6. The Balaban J connectivity index is 1.84. The molecular formula is C27H41NO6. The molecule has 0 aromatic heterocycles. The van der Waals surface area contributed by atoms with Crippen molar-refractivity contribution in [3.63, 3.8) is 0 Å². The predicted molar refractivity (Wildman–Crippen MR) is 128 cm³/mol. The van der Waals surface area contributed by atoms with Crippen molar-refractivity contribution in [3.05, 3.63) is 12.2 Å². The summed E-state index contributed by atoms with van der Waals surface area (Å²) in [7, 11) is 1.37. The van der Waals surface area contributed by atoms with Crippen LogP contribution >= 0.6 is 0 Å². The highest BCUT2D eigenvalue weighted by molar-refractivity contribution is 5.95. The minimum Gasteiger partial charge on any atom is -0.469 e. The van der Waals surface area contributed by atoms with E-state index in [2.05, 4.69) is 12.2 Å². The molecule has 0 bridgehead atoms. The molecule has 0 aromatic rings. The highest BCUT2D eigenvalue weighted by Gasteiger charge is 2.61. The van der Waals surface area contributed by atoms with E-state index in [1.165, 1.54) is 7.11 Å². The number of esters is 2. The number of amides is 1. The number of methoxy groups -OCH3 is 1. The number of ether oxygens (including phenoxy) is 2. The molecule has 2 aliphatic heterocycles. The minimum absolute atomic E-state index is 0.0110. The molecule has 1 saturated carbocycles. The second-order valence-corrected chi connectivity index (χ2v) is 11.5. The van der Waals surface area contributed by atoms with Crippen LogP contribution in [0, 0.1) is 23.2 Å². The van der Waals surface area contributed by atoms with Gasteiger partial charge in [0, 0.05) is 18.9 Å². The topological polar surface area (TPSA) is 90.0 Å². The van der Waals surface area contributed by atoms with Gasteiger partial charge in [-0.1, -0.05) is 31.9 Å². The van der Waals surface area contributed by atoms with Crippen LogP contribution in [0.1, 0.15) is 85.5 Å². The summed E-state index contributed by atoms with van der Waals surface area (Å²) in [5, 5.41) is 0. The van der Waals surface area contributed by atoms with Gasteiger partial charge in [0.1, 0.15) is 5.60 Å². The van der Waals surface area contributed by atoms with Crippen molar-refractivity contribution in [2.75, 3.05) is 13.7 Å². The fraction of sp³-hybridized carbons (Fsp3) is 0.778. The normalized spacial score (nSPS) is 33.7. The second-order valence-electron chi connectivity index (χ2n) is 11.5. The summed E-state index contributed by atoms with van der Waals surface area (Å²) in [6.45, 7) is 7.98. The highest BCUT2D eigenvalue weighted by atomic mass is 16.6. The summed E-state index contributed by atoms with van der Waals surface area (Å²) >= 11 is 0. The number of carbonyl (C=O) groups excluding carboxylic acids is 4. The Morgan fingerprint density at radius 3 is 2.59 bits per heavy atom. The quantitative estimate of drug-likeness (QED) is 0.448. The van der Waals surface area contributed by atoms with E-state index in [9.17, 15) is 19.2 Å². The van der Waals surface area contributed by atoms with Crippen molar-refractivity contribution in [3.8, 4) is 0 Å². The first-order valence-electron chi connectivity index (χ1n) is 12.8. The van der Waals surface area contributed by atoms with E-state index in [0.29, 0.717) is 25.8 Å². The summed E-state index contributed by atoms with van der Waals surface area (Å²) < 4.78 is 10.6. The molecule has 0 aromatic carbocycles. The maximum absolute atomic E-state index is 13.7. The lowest BCUT2D eigenvalue weighted by molar-refractivity contribution is -0.159. The number of allylic oxidation sites excluding steroid dienone is 2. The van der Waals surface area contributed by atoms with Crippen molar-refractivity contribution in [1.29, 1.82) is 0 Å². The molecule has 0 unspecified atom stereocenters. The molecule has 34 heavy (non-hydrogen) atoms. The van der Waals surface area contributed by atoms with Gasteiger partial charge >= 0.3 is 11.9 Å². The van der Waals surface area contributed by atoms with Crippen LogP contribution in [0.15, 0.2) is 12.2 Å². The van der Waals surface area contributed by atoms with E-state index in [1.54, 1.807) is 4.90 Å². The van der Waals surface area contributed by atoms with Gasteiger partial charge in [0.05, 0.1) is 25.0 Å². The molecule has 190 valence electrons. The summed E-state index contributed by atoms with van der Waals surface area (Å²) in [5.74, 6) is -1.25. The average Bonchev–Trinajstić information content (AvgIpc) is 3.29. The Morgan fingerprint density at radius 2 is 1.91 bits per heavy atom. The van der Waals surface area contributed by atoms with Crippen LogP contribution in [0.2, 0.25) is 0 Å². The summed E-state index contributed by atoms with van der Waals surface area (Å²) in [5.41, 5.74) is -1.42. The van der Waals surface area contributed by atoms with Gasteiger partial charge in [0.15, 0.2) is 5.78 Å². The molecule has 5 atom stereocenters. The standard InChI is InChI=1S/C27H41NO6/c1-18-13-21-22(29)16-27(25(32)33-5)15-20(27)12-10-8-6-7-9-11-19(24(31)28(21)17-18)14-23(30)34-26(2,3)4/h10,12,18-21H,6-9,11,13-17H2,1-5H3/b12-10-/t18-,19+,20+,21-,27+/m0/s1. The Morgan fingerprint density at radius 1 is 1.18 bits per heavy atom. The van der Waals surface area contributed by atoms with Gasteiger partial charge in [-0.2, -0.15) is 0 Å². The molecule has 7 nitrogen and oxygen atoms in total. The number of nitrogens with zero attached hydrogens (tertiary/aromatic N) is 1. The Labute approximate surface area is 203 Å². The van der Waals surface area contributed by atoms with Gasteiger partial charge in [-0.05, 0) is 64.7 Å². The summed E-state index contributed by atoms with van der Waals surface area (Å²) in [6, 6.07) is -0.555. The number of hydrogen-bond donors (Lipinski definition) is 0. The second kappa shape index (κ2) is 10.6. The van der Waals surface area contributed by atoms with Gasteiger partial charge in [-0.25, -0.2) is 0 Å². The molecule has 2 fully saturated rings. The molecule has 1 aliphatic carbocycles. The maximum atomic E-state index is 13.7. The van der Waals surface area contributed by atoms with Crippen molar-refractivity contribution >= 4 is 23.6 Å². The summed E-state index contributed by atoms with van der Waals surface area (Å²) in [6.07, 6.45) is 9.73. The number of carbonyl (C=O) groups is 4. The zero-order valence-corrected chi connectivity index (χ0v) is 21.4. The molecule has 0 radical (unpaired) electrons. The smallest absolute Gasteiger partial charge is 0.312 e. The highest BCUT2D eigenvalue weighted by Crippen LogP contribution is 2.57. The van der Waals surface area contributed by atoms with Gasteiger partial charge in [0.25, 0.3) is 0 Å². The molecule has 0 spiro atoms. The van der Waals surface area contributed by atoms with E-state index >= 15 is 0 Å². The Bertz CT molecular complexity index is 827. The maximum Gasteiger partial charge on any atom is 0.312 e. The summed E-state index contributed by atoms with van der Waals surface area (Å²) in [4.78, 5) is 54.1. The number of ketones is 1. The van der Waals surface area contributed by atoms with Gasteiger partial charge < -0.3 is 14.4 Å². The average molecular weight is 476 g/mol. The van der Waals surface area contributed by atoms with Crippen LogP contribution < -0.4 is 0 Å². The molecule has 1 amide bonds. The van der Waals surface area contributed by atoms with Crippen molar-refractivity contribution in [1.82, 2.24) is 4.90 Å². The zero-order valence-electron chi connectivity index (χ0n) is 21.4. The van der Waals surface area contributed by atoms with E-state index in [1.807, 2.05) is 27.7 Å². The van der Waals surface area contributed by atoms with Crippen LogP contribution in [-0.4, -0.2) is 53.8 Å². The van der Waals surface area contributed by atoms with Crippen LogP contribution in [0.4, 0.5) is 0 Å². The number of Topliss-reactive ketones (excluding diaryl/α,β-unsaturated/α-hetero) is 1. The van der Waals surface area contributed by atoms with Crippen molar-refractivity contribution in [2.45, 2.75) is 97.1 Å². The largest absolute Gasteiger partial charge is 0.469 e. The number of rotatable bonds is 3.